The van der Waals surface area contributed by atoms with Gasteiger partial charge >= 0.3 is 0 Å². The van der Waals surface area contributed by atoms with Crippen LogP contribution in [0, 0.1) is 6.92 Å². The molecule has 3 rings (SSSR count). The lowest BCUT2D eigenvalue weighted by atomic mass is 10.2. The predicted octanol–water partition coefficient (Wildman–Crippen LogP) is 1.84. The molecular formula is C13H14N4O3S. The first-order valence-electron chi connectivity index (χ1n) is 6.44. The number of ether oxygens (including phenoxy) is 2. The number of nitrogen functional groups attached to an aromatic ring is 1. The van der Waals surface area contributed by atoms with E-state index in [4.69, 9.17) is 15.2 Å². The van der Waals surface area contributed by atoms with Gasteiger partial charge in [0.1, 0.15) is 4.88 Å². The van der Waals surface area contributed by atoms with Crippen molar-refractivity contribution < 1.29 is 14.3 Å². The van der Waals surface area contributed by atoms with Gasteiger partial charge in [0.05, 0.1) is 30.3 Å². The summed E-state index contributed by atoms with van der Waals surface area (Å²) in [4.78, 5) is 12.6. The zero-order valence-electron chi connectivity index (χ0n) is 11.4. The van der Waals surface area contributed by atoms with Crippen molar-refractivity contribution in [3.8, 4) is 11.5 Å². The van der Waals surface area contributed by atoms with Crippen molar-refractivity contribution in [3.05, 3.63) is 22.7 Å². The summed E-state index contributed by atoms with van der Waals surface area (Å²) in [6.45, 7) is 2.89. The smallest absolute Gasteiger partial charge is 0.269 e. The zero-order chi connectivity index (χ0) is 14.8. The molecular weight excluding hydrogens is 292 g/mol. The third kappa shape index (κ3) is 2.75. The van der Waals surface area contributed by atoms with Crippen LogP contribution in [0.25, 0.3) is 0 Å². The Morgan fingerprint density at radius 1 is 1.33 bits per heavy atom. The monoisotopic (exact) mass is 306 g/mol. The van der Waals surface area contributed by atoms with Crippen molar-refractivity contribution in [1.29, 1.82) is 0 Å². The fourth-order valence-electron chi connectivity index (χ4n) is 1.95. The molecule has 1 aromatic carbocycles. The average molecular weight is 306 g/mol. The number of carbonyl (C=O) groups is 1. The summed E-state index contributed by atoms with van der Waals surface area (Å²) in [5.41, 5.74) is 7.45. The van der Waals surface area contributed by atoms with E-state index in [1.807, 2.05) is 0 Å². The maximum atomic E-state index is 12.2. The zero-order valence-corrected chi connectivity index (χ0v) is 12.2. The first-order chi connectivity index (χ1) is 10.1. The molecule has 0 spiro atoms. The Kier molecular flexibility index (Phi) is 3.61. The molecule has 21 heavy (non-hydrogen) atoms. The molecule has 8 heteroatoms. The average Bonchev–Trinajstić information content (AvgIpc) is 2.75. The van der Waals surface area contributed by atoms with Crippen LogP contribution in [-0.4, -0.2) is 28.7 Å². The standard InChI is InChI=1S/C13H14N4O3S/c1-7-12(21-17-16-7)13(18)15-9-6-11-10(5-8(9)14)19-3-2-4-20-11/h5-6H,2-4,14H2,1H3,(H,15,18). The molecule has 0 unspecified atom stereocenters. The van der Waals surface area contributed by atoms with Crippen molar-refractivity contribution in [1.82, 2.24) is 9.59 Å². The van der Waals surface area contributed by atoms with E-state index in [1.165, 1.54) is 0 Å². The Morgan fingerprint density at radius 2 is 2.05 bits per heavy atom. The second-order valence-electron chi connectivity index (χ2n) is 4.58. The summed E-state index contributed by atoms with van der Waals surface area (Å²) in [5.74, 6) is 0.887. The lowest BCUT2D eigenvalue weighted by molar-refractivity contribution is 0.103. The van der Waals surface area contributed by atoms with E-state index in [0.29, 0.717) is 46.7 Å². The number of hydrogen-bond donors (Lipinski definition) is 2. The minimum Gasteiger partial charge on any atom is -0.489 e. The number of nitrogens with zero attached hydrogens (tertiary/aromatic N) is 2. The Morgan fingerprint density at radius 3 is 2.71 bits per heavy atom. The molecule has 110 valence electrons. The molecule has 2 aromatic rings. The summed E-state index contributed by atoms with van der Waals surface area (Å²) in [5, 5.41) is 6.57. The second kappa shape index (κ2) is 5.57. The van der Waals surface area contributed by atoms with E-state index >= 15 is 0 Å². The van der Waals surface area contributed by atoms with Gasteiger partial charge < -0.3 is 20.5 Å². The molecule has 0 saturated carbocycles. The van der Waals surface area contributed by atoms with Crippen LogP contribution in [0.1, 0.15) is 21.8 Å². The van der Waals surface area contributed by atoms with E-state index in [9.17, 15) is 4.79 Å². The van der Waals surface area contributed by atoms with Crippen molar-refractivity contribution in [2.75, 3.05) is 24.3 Å². The highest BCUT2D eigenvalue weighted by atomic mass is 32.1. The van der Waals surface area contributed by atoms with Gasteiger partial charge in [-0.1, -0.05) is 4.49 Å². The Labute approximate surface area is 125 Å². The van der Waals surface area contributed by atoms with Gasteiger partial charge in [-0.2, -0.15) is 0 Å². The highest BCUT2D eigenvalue weighted by molar-refractivity contribution is 7.08. The van der Waals surface area contributed by atoms with Crippen LogP contribution in [0.4, 0.5) is 11.4 Å². The van der Waals surface area contributed by atoms with E-state index in [1.54, 1.807) is 19.1 Å². The first kappa shape index (κ1) is 13.6. The molecule has 3 N–H and O–H groups in total. The number of fused-ring (bicyclic) bond motifs is 1. The van der Waals surface area contributed by atoms with Crippen LogP contribution >= 0.6 is 11.5 Å². The van der Waals surface area contributed by atoms with Gasteiger partial charge in [-0.3, -0.25) is 4.79 Å². The number of amides is 1. The quantitative estimate of drug-likeness (QED) is 0.821. The van der Waals surface area contributed by atoms with Gasteiger partial charge in [0.15, 0.2) is 11.5 Å². The van der Waals surface area contributed by atoms with Crippen LogP contribution in [0.15, 0.2) is 12.1 Å². The third-order valence-electron chi connectivity index (χ3n) is 3.03. The summed E-state index contributed by atoms with van der Waals surface area (Å²) in [6.07, 6.45) is 0.808. The molecule has 2 heterocycles. The number of rotatable bonds is 2. The summed E-state index contributed by atoms with van der Waals surface area (Å²) in [7, 11) is 0. The SMILES string of the molecule is Cc1nnsc1C(=O)Nc1cc2c(cc1N)OCCCO2. The lowest BCUT2D eigenvalue weighted by Gasteiger charge is -2.12. The number of aryl methyl sites for hydroxylation is 1. The fraction of sp³-hybridized carbons (Fsp3) is 0.308. The fourth-order valence-corrected chi connectivity index (χ4v) is 2.50. The van der Waals surface area contributed by atoms with E-state index < -0.39 is 0 Å². The van der Waals surface area contributed by atoms with E-state index in [0.717, 1.165) is 18.0 Å². The van der Waals surface area contributed by atoms with Gasteiger partial charge in [0, 0.05) is 18.6 Å². The molecule has 7 nitrogen and oxygen atoms in total. The highest BCUT2D eigenvalue weighted by Crippen LogP contribution is 2.36. The van der Waals surface area contributed by atoms with Crippen molar-refractivity contribution in [2.45, 2.75) is 13.3 Å². The number of carbonyl (C=O) groups excluding carboxylic acids is 1. The molecule has 1 aromatic heterocycles. The minimum atomic E-state index is -0.288. The molecule has 1 amide bonds. The van der Waals surface area contributed by atoms with Crippen LogP contribution < -0.4 is 20.5 Å². The third-order valence-corrected chi connectivity index (χ3v) is 3.85. The second-order valence-corrected chi connectivity index (χ2v) is 5.33. The van der Waals surface area contributed by atoms with Gasteiger partial charge in [-0.15, -0.1) is 5.10 Å². The molecule has 0 atom stereocenters. The number of benzene rings is 1. The molecule has 1 aliphatic heterocycles. The van der Waals surface area contributed by atoms with E-state index in [-0.39, 0.29) is 5.91 Å². The maximum Gasteiger partial charge on any atom is 0.269 e. The summed E-state index contributed by atoms with van der Waals surface area (Å²) < 4.78 is 14.9. The molecule has 0 radical (unpaired) electrons. The van der Waals surface area contributed by atoms with Gasteiger partial charge in [-0.05, 0) is 18.5 Å². The Bertz CT molecular complexity index is 686. The van der Waals surface area contributed by atoms with Crippen molar-refractivity contribution >= 4 is 28.8 Å². The van der Waals surface area contributed by atoms with Crippen molar-refractivity contribution in [3.63, 3.8) is 0 Å². The number of aromatic nitrogens is 2. The van der Waals surface area contributed by atoms with Gasteiger partial charge in [0.2, 0.25) is 0 Å². The van der Waals surface area contributed by atoms with E-state index in [2.05, 4.69) is 14.9 Å². The highest BCUT2D eigenvalue weighted by Gasteiger charge is 2.18. The van der Waals surface area contributed by atoms with Gasteiger partial charge in [-0.25, -0.2) is 0 Å². The van der Waals surface area contributed by atoms with Gasteiger partial charge in [0.25, 0.3) is 5.91 Å². The van der Waals surface area contributed by atoms with Crippen LogP contribution in [0.3, 0.4) is 0 Å². The number of anilines is 2. The molecule has 0 aliphatic carbocycles. The summed E-state index contributed by atoms with van der Waals surface area (Å²) >= 11 is 1.04. The molecule has 0 saturated heterocycles. The first-order valence-corrected chi connectivity index (χ1v) is 7.22. The normalized spacial score (nSPS) is 13.6. The maximum absolute atomic E-state index is 12.2. The van der Waals surface area contributed by atoms with Crippen LogP contribution in [-0.2, 0) is 0 Å². The van der Waals surface area contributed by atoms with Crippen molar-refractivity contribution in [2.24, 2.45) is 0 Å². The summed E-state index contributed by atoms with van der Waals surface area (Å²) in [6, 6.07) is 3.34. The van der Waals surface area contributed by atoms with Crippen LogP contribution in [0.2, 0.25) is 0 Å². The molecule has 1 aliphatic rings. The number of nitrogens with one attached hydrogen (secondary N) is 1. The van der Waals surface area contributed by atoms with Crippen LogP contribution in [0.5, 0.6) is 11.5 Å². The Balaban J connectivity index is 1.87. The largest absolute Gasteiger partial charge is 0.489 e. The molecule has 0 fully saturated rings. The molecule has 0 bridgehead atoms. The topological polar surface area (TPSA) is 99.4 Å². The minimum absolute atomic E-state index is 0.288. The lowest BCUT2D eigenvalue weighted by Crippen LogP contribution is -2.13. The predicted molar refractivity (Wildman–Crippen MR) is 79.1 cm³/mol. The Hall–Kier alpha value is -2.35. The number of nitrogens with two attached hydrogens (primary N) is 1. The number of hydrogen-bond acceptors (Lipinski definition) is 7.